The number of aliphatic hydroxyl groups is 1. The van der Waals surface area contributed by atoms with Crippen LogP contribution in [0.2, 0.25) is 0 Å². The quantitative estimate of drug-likeness (QED) is 0.118. The minimum absolute atomic E-state index is 0.213. The van der Waals surface area contributed by atoms with Crippen molar-refractivity contribution in [1.29, 1.82) is 0 Å². The minimum Gasteiger partial charge on any atom is -0.480 e. The van der Waals surface area contributed by atoms with Gasteiger partial charge in [0, 0.05) is 6.42 Å². The molecule has 0 aliphatic heterocycles. The Morgan fingerprint density at radius 2 is 1.34 bits per heavy atom. The summed E-state index contributed by atoms with van der Waals surface area (Å²) in [6, 6.07) is -5.57. The summed E-state index contributed by atoms with van der Waals surface area (Å²) < 4.78 is 0. The Kier molecular flexibility index (Phi) is 12.5. The van der Waals surface area contributed by atoms with Crippen LogP contribution in [0.5, 0.6) is 0 Å². The van der Waals surface area contributed by atoms with Crippen LogP contribution in [0.25, 0.3) is 0 Å². The highest BCUT2D eigenvalue weighted by Crippen LogP contribution is 2.07. The van der Waals surface area contributed by atoms with Gasteiger partial charge in [0.05, 0.1) is 19.1 Å². The fraction of sp³-hybridized carbons (Fsp3) is 0.667. The van der Waals surface area contributed by atoms with E-state index in [-0.39, 0.29) is 18.8 Å². The average Bonchev–Trinajstić information content (AvgIpc) is 2.71. The highest BCUT2D eigenvalue weighted by atomic mass is 16.4. The standard InChI is InChI=1S/C18H32N6O8/c1-3-8(2)14(21)17(30)22-9(4-5-12(19)26)15(28)23-10(6-13(20)27)16(29)24-11(7-25)18(31)32/h8-11,14,25H,3-7,21H2,1-2H3,(H2,19,26)(H2,20,27)(H,22,30)(H,23,28)(H,24,29)(H,31,32). The Bertz CT molecular complexity index is 716. The van der Waals surface area contributed by atoms with Crippen molar-refractivity contribution in [3.63, 3.8) is 0 Å². The van der Waals surface area contributed by atoms with E-state index < -0.39 is 72.7 Å². The van der Waals surface area contributed by atoms with Crippen LogP contribution in [0.3, 0.4) is 0 Å². The van der Waals surface area contributed by atoms with E-state index in [0.29, 0.717) is 6.42 Å². The van der Waals surface area contributed by atoms with Gasteiger partial charge in [0.25, 0.3) is 0 Å². The lowest BCUT2D eigenvalue weighted by atomic mass is 9.98. The van der Waals surface area contributed by atoms with E-state index in [1.165, 1.54) is 0 Å². The zero-order chi connectivity index (χ0) is 25.0. The molecule has 182 valence electrons. The van der Waals surface area contributed by atoms with Crippen molar-refractivity contribution < 1.29 is 39.0 Å². The molecule has 0 saturated heterocycles. The Morgan fingerprint density at radius 1 is 0.844 bits per heavy atom. The van der Waals surface area contributed by atoms with Gasteiger partial charge in [-0.15, -0.1) is 0 Å². The monoisotopic (exact) mass is 460 g/mol. The van der Waals surface area contributed by atoms with Crippen molar-refractivity contribution >= 4 is 35.5 Å². The van der Waals surface area contributed by atoms with Gasteiger partial charge in [-0.1, -0.05) is 20.3 Å². The molecule has 0 saturated carbocycles. The van der Waals surface area contributed by atoms with Gasteiger partial charge in [-0.25, -0.2) is 4.79 Å². The lowest BCUT2D eigenvalue weighted by Gasteiger charge is -2.25. The Labute approximate surface area is 184 Å². The number of carboxylic acids is 1. The van der Waals surface area contributed by atoms with Crippen LogP contribution in [0, 0.1) is 5.92 Å². The molecule has 0 aromatic rings. The summed E-state index contributed by atoms with van der Waals surface area (Å²) in [5.74, 6) is -6.22. The van der Waals surface area contributed by atoms with Gasteiger partial charge in [-0.05, 0) is 12.3 Å². The van der Waals surface area contributed by atoms with Crippen LogP contribution in [0.1, 0.15) is 39.5 Å². The molecule has 0 aromatic carbocycles. The maximum Gasteiger partial charge on any atom is 0.328 e. The maximum atomic E-state index is 12.7. The van der Waals surface area contributed by atoms with E-state index >= 15 is 0 Å². The fourth-order valence-electron chi connectivity index (χ4n) is 2.48. The van der Waals surface area contributed by atoms with Gasteiger partial charge in [-0.2, -0.15) is 0 Å². The number of nitrogens with one attached hydrogen (secondary N) is 3. The smallest absolute Gasteiger partial charge is 0.328 e. The molecule has 11 N–H and O–H groups in total. The normalized spacial score (nSPS) is 15.4. The molecule has 14 nitrogen and oxygen atoms in total. The van der Waals surface area contributed by atoms with Gasteiger partial charge in [0.2, 0.25) is 29.5 Å². The maximum absolute atomic E-state index is 12.7. The first-order chi connectivity index (χ1) is 14.8. The number of hydrogen-bond donors (Lipinski definition) is 8. The predicted molar refractivity (Wildman–Crippen MR) is 110 cm³/mol. The van der Waals surface area contributed by atoms with Crippen LogP contribution >= 0.6 is 0 Å². The van der Waals surface area contributed by atoms with Gasteiger partial charge < -0.3 is 43.4 Å². The summed E-state index contributed by atoms with van der Waals surface area (Å²) in [6.07, 6.45) is -0.615. The van der Waals surface area contributed by atoms with Gasteiger partial charge in [0.15, 0.2) is 0 Å². The van der Waals surface area contributed by atoms with E-state index in [4.69, 9.17) is 27.4 Å². The van der Waals surface area contributed by atoms with E-state index in [0.717, 1.165) is 0 Å². The molecular formula is C18H32N6O8. The summed E-state index contributed by atoms with van der Waals surface area (Å²) in [4.78, 5) is 70.9. The number of carboxylic acid groups (broad SMARTS) is 1. The lowest BCUT2D eigenvalue weighted by Crippen LogP contribution is -2.58. The number of carbonyl (C=O) groups excluding carboxylic acids is 5. The van der Waals surface area contributed by atoms with Crippen molar-refractivity contribution in [2.75, 3.05) is 6.61 Å². The second-order valence-electron chi connectivity index (χ2n) is 7.29. The predicted octanol–water partition coefficient (Wildman–Crippen LogP) is -3.97. The molecule has 0 aliphatic rings. The van der Waals surface area contributed by atoms with E-state index in [1.807, 2.05) is 12.2 Å². The minimum atomic E-state index is -1.69. The first-order valence-corrected chi connectivity index (χ1v) is 9.90. The molecule has 0 fully saturated rings. The molecule has 32 heavy (non-hydrogen) atoms. The summed E-state index contributed by atoms with van der Waals surface area (Å²) in [5, 5.41) is 24.5. The fourth-order valence-corrected chi connectivity index (χ4v) is 2.48. The number of carbonyl (C=O) groups is 6. The number of nitrogens with two attached hydrogens (primary N) is 3. The van der Waals surface area contributed by atoms with Crippen molar-refractivity contribution in [1.82, 2.24) is 16.0 Å². The first-order valence-electron chi connectivity index (χ1n) is 9.90. The Hall–Kier alpha value is -3.26. The van der Waals surface area contributed by atoms with Crippen molar-refractivity contribution in [2.24, 2.45) is 23.1 Å². The Balaban J connectivity index is 5.54. The molecule has 5 atom stereocenters. The SMILES string of the molecule is CCC(C)C(N)C(=O)NC(CCC(N)=O)C(=O)NC(CC(N)=O)C(=O)NC(CO)C(=O)O. The highest BCUT2D eigenvalue weighted by Gasteiger charge is 2.31. The molecule has 0 heterocycles. The Morgan fingerprint density at radius 3 is 1.78 bits per heavy atom. The molecule has 0 spiro atoms. The summed E-state index contributed by atoms with van der Waals surface area (Å²) >= 11 is 0. The number of aliphatic hydroxyl groups excluding tert-OH is 1. The summed E-state index contributed by atoms with van der Waals surface area (Å²) in [6.45, 7) is 2.61. The molecule has 0 bridgehead atoms. The summed E-state index contributed by atoms with van der Waals surface area (Å²) in [7, 11) is 0. The number of primary amides is 2. The highest BCUT2D eigenvalue weighted by molar-refractivity contribution is 5.96. The molecule has 0 rings (SSSR count). The third-order valence-electron chi connectivity index (χ3n) is 4.71. The van der Waals surface area contributed by atoms with E-state index in [2.05, 4.69) is 10.6 Å². The topological polar surface area (TPSA) is 257 Å². The largest absolute Gasteiger partial charge is 0.480 e. The third-order valence-corrected chi connectivity index (χ3v) is 4.71. The molecule has 0 radical (unpaired) electrons. The lowest BCUT2D eigenvalue weighted by molar-refractivity contribution is -0.143. The van der Waals surface area contributed by atoms with Crippen molar-refractivity contribution in [3.05, 3.63) is 0 Å². The zero-order valence-corrected chi connectivity index (χ0v) is 18.0. The number of hydrogen-bond acceptors (Lipinski definition) is 8. The number of aliphatic carboxylic acids is 1. The van der Waals surface area contributed by atoms with Crippen LogP contribution in [0.4, 0.5) is 0 Å². The van der Waals surface area contributed by atoms with E-state index in [1.54, 1.807) is 6.92 Å². The third kappa shape index (κ3) is 10.2. The van der Waals surface area contributed by atoms with Crippen LogP contribution in [0.15, 0.2) is 0 Å². The average molecular weight is 460 g/mol. The van der Waals surface area contributed by atoms with Crippen LogP contribution in [-0.4, -0.2) is 76.5 Å². The van der Waals surface area contributed by atoms with E-state index in [9.17, 15) is 28.8 Å². The number of amides is 5. The second-order valence-corrected chi connectivity index (χ2v) is 7.29. The summed E-state index contributed by atoms with van der Waals surface area (Å²) in [5.41, 5.74) is 16.0. The van der Waals surface area contributed by atoms with Gasteiger partial charge in [-0.3, -0.25) is 24.0 Å². The van der Waals surface area contributed by atoms with Gasteiger partial charge in [0.1, 0.15) is 18.1 Å². The zero-order valence-electron chi connectivity index (χ0n) is 18.0. The molecule has 5 amide bonds. The second kappa shape index (κ2) is 13.9. The molecular weight excluding hydrogens is 428 g/mol. The molecule has 14 heteroatoms. The number of rotatable bonds is 15. The van der Waals surface area contributed by atoms with Crippen LogP contribution in [-0.2, 0) is 28.8 Å². The van der Waals surface area contributed by atoms with Crippen molar-refractivity contribution in [3.8, 4) is 0 Å². The molecule has 0 aromatic heterocycles. The van der Waals surface area contributed by atoms with Crippen molar-refractivity contribution in [2.45, 2.75) is 63.7 Å². The first kappa shape index (κ1) is 28.7. The molecule has 0 aliphatic carbocycles. The van der Waals surface area contributed by atoms with Gasteiger partial charge >= 0.3 is 5.97 Å². The molecule has 5 unspecified atom stereocenters. The van der Waals surface area contributed by atoms with Crippen LogP contribution < -0.4 is 33.2 Å².